The van der Waals surface area contributed by atoms with Crippen molar-refractivity contribution in [2.24, 2.45) is 0 Å². The first-order chi connectivity index (χ1) is 11.3. The second-order valence-electron chi connectivity index (χ2n) is 6.45. The van der Waals surface area contributed by atoms with Gasteiger partial charge in [0, 0.05) is 29.2 Å². The van der Waals surface area contributed by atoms with Crippen molar-refractivity contribution in [2.45, 2.75) is 32.2 Å². The fourth-order valence-corrected chi connectivity index (χ4v) is 3.61. The number of benzene rings is 2. The van der Waals surface area contributed by atoms with Crippen LogP contribution in [0.1, 0.15) is 26.2 Å². The first kappa shape index (κ1) is 14.3. The van der Waals surface area contributed by atoms with Crippen LogP contribution in [-0.4, -0.2) is 17.6 Å². The number of aromatic nitrogens is 1. The second-order valence-corrected chi connectivity index (χ2v) is 6.45. The van der Waals surface area contributed by atoms with Crippen molar-refractivity contribution in [3.05, 3.63) is 60.7 Å². The molecule has 1 aromatic heterocycles. The molecule has 3 aromatic rings. The molecular formula is C21H22N2. The zero-order valence-electron chi connectivity index (χ0n) is 13.6. The fourth-order valence-electron chi connectivity index (χ4n) is 3.61. The predicted molar refractivity (Wildman–Crippen MR) is 97.8 cm³/mol. The van der Waals surface area contributed by atoms with E-state index in [2.05, 4.69) is 72.5 Å². The summed E-state index contributed by atoms with van der Waals surface area (Å²) in [6, 6.07) is 21.9. The predicted octanol–water partition coefficient (Wildman–Crippen LogP) is 5.28. The molecule has 0 N–H and O–H groups in total. The molecule has 2 heteroatoms. The summed E-state index contributed by atoms with van der Waals surface area (Å²) < 4.78 is 0. The molecule has 0 saturated carbocycles. The number of fused-ring (bicyclic) bond motifs is 1. The van der Waals surface area contributed by atoms with E-state index in [1.807, 2.05) is 0 Å². The Morgan fingerprint density at radius 1 is 0.957 bits per heavy atom. The topological polar surface area (TPSA) is 16.1 Å². The van der Waals surface area contributed by atoms with Gasteiger partial charge in [0.15, 0.2) is 0 Å². The number of pyridine rings is 1. The van der Waals surface area contributed by atoms with Gasteiger partial charge in [-0.25, -0.2) is 4.98 Å². The minimum absolute atomic E-state index is 0.596. The third-order valence-corrected chi connectivity index (χ3v) is 4.88. The van der Waals surface area contributed by atoms with E-state index in [0.717, 1.165) is 17.8 Å². The van der Waals surface area contributed by atoms with Crippen molar-refractivity contribution >= 4 is 16.6 Å². The summed E-state index contributed by atoms with van der Waals surface area (Å²) in [5, 5.41) is 1.26. The van der Waals surface area contributed by atoms with Gasteiger partial charge in [-0.3, -0.25) is 0 Å². The van der Waals surface area contributed by atoms with Gasteiger partial charge in [0.2, 0.25) is 0 Å². The van der Waals surface area contributed by atoms with Gasteiger partial charge in [-0.2, -0.15) is 0 Å². The van der Waals surface area contributed by atoms with Crippen LogP contribution in [0.15, 0.2) is 60.7 Å². The lowest BCUT2D eigenvalue weighted by molar-refractivity contribution is 0.486. The Bertz CT molecular complexity index is 810. The molecule has 2 heterocycles. The van der Waals surface area contributed by atoms with Gasteiger partial charge >= 0.3 is 0 Å². The number of rotatable bonds is 2. The first-order valence-corrected chi connectivity index (χ1v) is 8.55. The summed E-state index contributed by atoms with van der Waals surface area (Å²) >= 11 is 0. The average molecular weight is 302 g/mol. The highest BCUT2D eigenvalue weighted by Crippen LogP contribution is 2.34. The van der Waals surface area contributed by atoms with Crippen LogP contribution in [0, 0.1) is 0 Å². The normalized spacial score (nSPS) is 18.3. The first-order valence-electron chi connectivity index (χ1n) is 8.55. The summed E-state index contributed by atoms with van der Waals surface area (Å²) in [6.07, 6.45) is 3.89. The molecule has 1 aliphatic rings. The number of para-hydroxylation sites is 1. The van der Waals surface area contributed by atoms with Gasteiger partial charge in [-0.1, -0.05) is 48.5 Å². The van der Waals surface area contributed by atoms with Crippen molar-refractivity contribution in [1.29, 1.82) is 0 Å². The van der Waals surface area contributed by atoms with Gasteiger partial charge in [0.05, 0.1) is 11.2 Å². The molecule has 1 aliphatic heterocycles. The highest BCUT2D eigenvalue weighted by atomic mass is 15.2. The molecule has 2 aromatic carbocycles. The van der Waals surface area contributed by atoms with Crippen LogP contribution in [0.5, 0.6) is 0 Å². The molecule has 4 rings (SSSR count). The van der Waals surface area contributed by atoms with Gasteiger partial charge in [-0.15, -0.1) is 0 Å². The average Bonchev–Trinajstić information content (AvgIpc) is 2.62. The van der Waals surface area contributed by atoms with Crippen LogP contribution in [0.2, 0.25) is 0 Å². The lowest BCUT2D eigenvalue weighted by atomic mass is 10.0. The van der Waals surface area contributed by atoms with Gasteiger partial charge in [-0.05, 0) is 38.3 Å². The van der Waals surface area contributed by atoms with Gasteiger partial charge in [0.25, 0.3) is 0 Å². The monoisotopic (exact) mass is 302 g/mol. The Morgan fingerprint density at radius 2 is 1.74 bits per heavy atom. The third kappa shape index (κ3) is 2.70. The SMILES string of the molecule is C[C@H]1CCCCN1c1cc(-c2ccccc2)nc2ccccc12. The van der Waals surface area contributed by atoms with E-state index < -0.39 is 0 Å². The number of anilines is 1. The molecule has 1 fully saturated rings. The number of nitrogens with zero attached hydrogens (tertiary/aromatic N) is 2. The molecule has 1 atom stereocenters. The lowest BCUT2D eigenvalue weighted by Crippen LogP contribution is -2.37. The van der Waals surface area contributed by atoms with Crippen LogP contribution in [0.3, 0.4) is 0 Å². The van der Waals surface area contributed by atoms with E-state index >= 15 is 0 Å². The zero-order valence-corrected chi connectivity index (χ0v) is 13.6. The maximum Gasteiger partial charge on any atom is 0.0730 e. The molecule has 0 bridgehead atoms. The van der Waals surface area contributed by atoms with E-state index in [-0.39, 0.29) is 0 Å². The minimum Gasteiger partial charge on any atom is -0.368 e. The van der Waals surface area contributed by atoms with Crippen LogP contribution in [-0.2, 0) is 0 Å². The summed E-state index contributed by atoms with van der Waals surface area (Å²) in [5.41, 5.74) is 4.67. The molecule has 0 amide bonds. The molecule has 0 spiro atoms. The van der Waals surface area contributed by atoms with Crippen LogP contribution in [0.4, 0.5) is 5.69 Å². The molecule has 0 radical (unpaired) electrons. The standard InChI is InChI=1S/C21H22N2/c1-16-9-7-8-14-23(16)21-15-20(17-10-3-2-4-11-17)22-19-13-6-5-12-18(19)21/h2-6,10-13,15-16H,7-9,14H2,1H3/t16-/m0/s1. The molecular weight excluding hydrogens is 280 g/mol. The molecule has 0 unspecified atom stereocenters. The van der Waals surface area contributed by atoms with Crippen molar-refractivity contribution in [3.8, 4) is 11.3 Å². The summed E-state index contributed by atoms with van der Waals surface area (Å²) in [4.78, 5) is 7.47. The summed E-state index contributed by atoms with van der Waals surface area (Å²) in [7, 11) is 0. The molecule has 0 aliphatic carbocycles. The van der Waals surface area contributed by atoms with E-state index in [4.69, 9.17) is 4.98 Å². The highest BCUT2D eigenvalue weighted by molar-refractivity contribution is 5.94. The van der Waals surface area contributed by atoms with Crippen LogP contribution in [0.25, 0.3) is 22.2 Å². The number of piperidine rings is 1. The van der Waals surface area contributed by atoms with Crippen LogP contribution >= 0.6 is 0 Å². The van der Waals surface area contributed by atoms with Crippen molar-refractivity contribution in [1.82, 2.24) is 4.98 Å². The zero-order chi connectivity index (χ0) is 15.6. The lowest BCUT2D eigenvalue weighted by Gasteiger charge is -2.36. The van der Waals surface area contributed by atoms with E-state index in [1.165, 1.54) is 35.9 Å². The van der Waals surface area contributed by atoms with Crippen molar-refractivity contribution in [2.75, 3.05) is 11.4 Å². The highest BCUT2D eigenvalue weighted by Gasteiger charge is 2.21. The quantitative estimate of drug-likeness (QED) is 0.640. The summed E-state index contributed by atoms with van der Waals surface area (Å²) in [5.74, 6) is 0. The van der Waals surface area contributed by atoms with Crippen molar-refractivity contribution < 1.29 is 0 Å². The Labute approximate surface area is 137 Å². The Balaban J connectivity index is 1.91. The van der Waals surface area contributed by atoms with Crippen molar-refractivity contribution in [3.63, 3.8) is 0 Å². The Hall–Kier alpha value is -2.35. The largest absolute Gasteiger partial charge is 0.368 e. The minimum atomic E-state index is 0.596. The number of hydrogen-bond acceptors (Lipinski definition) is 2. The Morgan fingerprint density at radius 3 is 2.57 bits per heavy atom. The maximum absolute atomic E-state index is 4.90. The smallest absolute Gasteiger partial charge is 0.0730 e. The molecule has 2 nitrogen and oxygen atoms in total. The molecule has 1 saturated heterocycles. The second kappa shape index (κ2) is 6.04. The van der Waals surface area contributed by atoms with E-state index in [0.29, 0.717) is 6.04 Å². The van der Waals surface area contributed by atoms with Gasteiger partial charge in [0.1, 0.15) is 0 Å². The van der Waals surface area contributed by atoms with E-state index in [1.54, 1.807) is 0 Å². The Kier molecular flexibility index (Phi) is 3.74. The van der Waals surface area contributed by atoms with E-state index in [9.17, 15) is 0 Å². The van der Waals surface area contributed by atoms with Gasteiger partial charge < -0.3 is 4.90 Å². The molecule has 23 heavy (non-hydrogen) atoms. The van der Waals surface area contributed by atoms with Crippen LogP contribution < -0.4 is 4.90 Å². The third-order valence-electron chi connectivity index (χ3n) is 4.88. The molecule has 116 valence electrons. The fraction of sp³-hybridized carbons (Fsp3) is 0.286. The number of hydrogen-bond donors (Lipinski definition) is 0. The maximum atomic E-state index is 4.90. The summed E-state index contributed by atoms with van der Waals surface area (Å²) in [6.45, 7) is 3.49.